The molecule has 8 heteroatoms. The zero-order chi connectivity index (χ0) is 17.6. The Morgan fingerprint density at radius 1 is 1.08 bits per heavy atom. The molecule has 0 spiro atoms. The fourth-order valence-electron chi connectivity index (χ4n) is 2.21. The molecule has 3 rings (SSSR count). The summed E-state index contributed by atoms with van der Waals surface area (Å²) in [6.07, 6.45) is 2.87. The second-order valence-electron chi connectivity index (χ2n) is 5.80. The molecule has 1 saturated carbocycles. The van der Waals surface area contributed by atoms with Gasteiger partial charge in [-0.1, -0.05) is 6.07 Å². The lowest BCUT2D eigenvalue weighted by molar-refractivity contribution is -0.116. The largest absolute Gasteiger partial charge is 0.351 e. The van der Waals surface area contributed by atoms with E-state index in [9.17, 15) is 14.4 Å². The monoisotopic (exact) mass is 377 g/mol. The Morgan fingerprint density at radius 3 is 2.64 bits per heavy atom. The Hall–Kier alpha value is -2.19. The Bertz CT molecular complexity index is 751. The van der Waals surface area contributed by atoms with Gasteiger partial charge in [0.2, 0.25) is 5.91 Å². The average Bonchev–Trinajstić information content (AvgIpc) is 3.06. The SMILES string of the molecule is O=C(CCCNC(=O)c1cccs1)Nc1sccc1C(=O)NC1CC1. The molecule has 2 aromatic rings. The normalized spacial score (nSPS) is 13.3. The number of hydrogen-bond donors (Lipinski definition) is 3. The molecule has 2 aromatic heterocycles. The molecule has 0 radical (unpaired) electrons. The molecule has 132 valence electrons. The zero-order valence-electron chi connectivity index (χ0n) is 13.5. The molecule has 0 atom stereocenters. The maximum Gasteiger partial charge on any atom is 0.261 e. The molecule has 2 heterocycles. The first kappa shape index (κ1) is 17.6. The van der Waals surface area contributed by atoms with E-state index in [1.54, 1.807) is 17.5 Å². The number of amides is 3. The summed E-state index contributed by atoms with van der Waals surface area (Å²) in [5.41, 5.74) is 0.510. The molecular formula is C17H19N3O3S2. The topological polar surface area (TPSA) is 87.3 Å². The lowest BCUT2D eigenvalue weighted by Crippen LogP contribution is -2.26. The van der Waals surface area contributed by atoms with Gasteiger partial charge in [-0.15, -0.1) is 22.7 Å². The zero-order valence-corrected chi connectivity index (χ0v) is 15.2. The molecule has 0 saturated heterocycles. The van der Waals surface area contributed by atoms with E-state index in [2.05, 4.69) is 16.0 Å². The summed E-state index contributed by atoms with van der Waals surface area (Å²) >= 11 is 2.72. The van der Waals surface area contributed by atoms with Gasteiger partial charge in [0.15, 0.2) is 0 Å². The Balaban J connectivity index is 1.40. The molecule has 0 aliphatic heterocycles. The third kappa shape index (κ3) is 5.14. The third-order valence-corrected chi connectivity index (χ3v) is 5.38. The number of carbonyl (C=O) groups excluding carboxylic acids is 3. The molecule has 25 heavy (non-hydrogen) atoms. The second kappa shape index (κ2) is 8.26. The first-order valence-electron chi connectivity index (χ1n) is 8.13. The summed E-state index contributed by atoms with van der Waals surface area (Å²) in [5, 5.41) is 12.7. The maximum absolute atomic E-state index is 12.1. The minimum absolute atomic E-state index is 0.118. The average molecular weight is 377 g/mol. The number of hydrogen-bond acceptors (Lipinski definition) is 5. The van der Waals surface area contributed by atoms with Crippen LogP contribution < -0.4 is 16.0 Å². The van der Waals surface area contributed by atoms with Crippen LogP contribution in [0, 0.1) is 0 Å². The predicted octanol–water partition coefficient (Wildman–Crippen LogP) is 2.85. The van der Waals surface area contributed by atoms with E-state index in [0.717, 1.165) is 12.8 Å². The van der Waals surface area contributed by atoms with Crippen LogP contribution in [0.5, 0.6) is 0 Å². The van der Waals surface area contributed by atoms with Gasteiger partial charge in [0, 0.05) is 19.0 Å². The van der Waals surface area contributed by atoms with Crippen LogP contribution in [0.15, 0.2) is 29.0 Å². The smallest absolute Gasteiger partial charge is 0.261 e. The van der Waals surface area contributed by atoms with Gasteiger partial charge in [-0.2, -0.15) is 0 Å². The first-order chi connectivity index (χ1) is 12.1. The van der Waals surface area contributed by atoms with Crippen molar-refractivity contribution in [1.82, 2.24) is 10.6 Å². The van der Waals surface area contributed by atoms with Crippen LogP contribution in [0.1, 0.15) is 45.7 Å². The highest BCUT2D eigenvalue weighted by atomic mass is 32.1. The van der Waals surface area contributed by atoms with E-state index in [1.807, 2.05) is 11.4 Å². The highest BCUT2D eigenvalue weighted by Crippen LogP contribution is 2.25. The Morgan fingerprint density at radius 2 is 1.92 bits per heavy atom. The number of thiophene rings is 2. The van der Waals surface area contributed by atoms with Crippen molar-refractivity contribution >= 4 is 45.4 Å². The van der Waals surface area contributed by atoms with E-state index >= 15 is 0 Å². The van der Waals surface area contributed by atoms with Crippen molar-refractivity contribution in [2.45, 2.75) is 31.7 Å². The van der Waals surface area contributed by atoms with Gasteiger partial charge in [-0.25, -0.2) is 0 Å². The van der Waals surface area contributed by atoms with Gasteiger partial charge in [0.1, 0.15) is 5.00 Å². The molecule has 3 amide bonds. The third-order valence-electron chi connectivity index (χ3n) is 3.69. The van der Waals surface area contributed by atoms with Crippen LogP contribution in [0.25, 0.3) is 0 Å². The molecule has 6 nitrogen and oxygen atoms in total. The van der Waals surface area contributed by atoms with Crippen molar-refractivity contribution in [2.75, 3.05) is 11.9 Å². The number of anilines is 1. The first-order valence-corrected chi connectivity index (χ1v) is 9.89. The minimum Gasteiger partial charge on any atom is -0.351 e. The summed E-state index contributed by atoms with van der Waals surface area (Å²) in [6, 6.07) is 5.59. The van der Waals surface area contributed by atoms with Crippen LogP contribution >= 0.6 is 22.7 Å². The van der Waals surface area contributed by atoms with Crippen LogP contribution in [0.2, 0.25) is 0 Å². The van der Waals surface area contributed by atoms with Crippen LogP contribution in [-0.2, 0) is 4.79 Å². The van der Waals surface area contributed by atoms with Gasteiger partial charge in [-0.3, -0.25) is 14.4 Å². The minimum atomic E-state index is -0.159. The number of nitrogens with one attached hydrogen (secondary N) is 3. The summed E-state index contributed by atoms with van der Waals surface area (Å²) < 4.78 is 0. The fraction of sp³-hybridized carbons (Fsp3) is 0.353. The van der Waals surface area contributed by atoms with E-state index in [-0.39, 0.29) is 30.2 Å². The van der Waals surface area contributed by atoms with Crippen molar-refractivity contribution in [3.8, 4) is 0 Å². The van der Waals surface area contributed by atoms with Crippen molar-refractivity contribution in [3.63, 3.8) is 0 Å². The van der Waals surface area contributed by atoms with Crippen molar-refractivity contribution in [1.29, 1.82) is 0 Å². The Labute approximate surface area is 153 Å². The summed E-state index contributed by atoms with van der Waals surface area (Å²) in [6.45, 7) is 0.434. The highest BCUT2D eigenvalue weighted by Gasteiger charge is 2.25. The molecule has 0 bridgehead atoms. The van der Waals surface area contributed by atoms with Crippen molar-refractivity contribution < 1.29 is 14.4 Å². The molecule has 1 aliphatic rings. The van der Waals surface area contributed by atoms with Crippen LogP contribution in [0.4, 0.5) is 5.00 Å². The summed E-state index contributed by atoms with van der Waals surface area (Å²) in [5.74, 6) is -0.414. The molecule has 1 aliphatic carbocycles. The molecule has 0 unspecified atom stereocenters. The lowest BCUT2D eigenvalue weighted by Gasteiger charge is -2.07. The maximum atomic E-state index is 12.1. The number of rotatable bonds is 8. The predicted molar refractivity (Wildman–Crippen MR) is 99.3 cm³/mol. The lowest BCUT2D eigenvalue weighted by atomic mass is 10.2. The molecule has 1 fully saturated rings. The summed E-state index contributed by atoms with van der Waals surface area (Å²) in [4.78, 5) is 36.6. The van der Waals surface area contributed by atoms with E-state index in [0.29, 0.717) is 28.4 Å². The van der Waals surface area contributed by atoms with Gasteiger partial charge in [0.25, 0.3) is 11.8 Å². The molecular weight excluding hydrogens is 358 g/mol. The summed E-state index contributed by atoms with van der Waals surface area (Å²) in [7, 11) is 0. The standard InChI is InChI=1S/C17H19N3O3S2/c21-14(4-1-8-18-16(23)13-3-2-9-24-13)20-17-12(7-10-25-17)15(22)19-11-5-6-11/h2-3,7,9-11H,1,4-6,8H2,(H,18,23)(H,19,22)(H,20,21). The van der Waals surface area contributed by atoms with Gasteiger partial charge in [0.05, 0.1) is 10.4 Å². The van der Waals surface area contributed by atoms with E-state index < -0.39 is 0 Å². The second-order valence-corrected chi connectivity index (χ2v) is 7.66. The Kier molecular flexibility index (Phi) is 5.83. The number of carbonyl (C=O) groups is 3. The van der Waals surface area contributed by atoms with Crippen LogP contribution in [0.3, 0.4) is 0 Å². The van der Waals surface area contributed by atoms with Crippen LogP contribution in [-0.4, -0.2) is 30.3 Å². The quantitative estimate of drug-likeness (QED) is 0.618. The van der Waals surface area contributed by atoms with Gasteiger partial charge in [-0.05, 0) is 42.2 Å². The molecule has 0 aromatic carbocycles. The highest BCUT2D eigenvalue weighted by molar-refractivity contribution is 7.14. The van der Waals surface area contributed by atoms with Gasteiger partial charge >= 0.3 is 0 Å². The molecule has 3 N–H and O–H groups in total. The van der Waals surface area contributed by atoms with Crippen molar-refractivity contribution in [3.05, 3.63) is 39.4 Å². The fourth-order valence-corrected chi connectivity index (χ4v) is 3.65. The van der Waals surface area contributed by atoms with E-state index in [4.69, 9.17) is 0 Å². The van der Waals surface area contributed by atoms with Gasteiger partial charge < -0.3 is 16.0 Å². The van der Waals surface area contributed by atoms with E-state index in [1.165, 1.54) is 22.7 Å². The van der Waals surface area contributed by atoms with Crippen molar-refractivity contribution in [2.24, 2.45) is 0 Å².